The monoisotopic (exact) mass is 395 g/mol. The lowest BCUT2D eigenvalue weighted by molar-refractivity contribution is -0.120. The van der Waals surface area contributed by atoms with Crippen molar-refractivity contribution in [2.75, 3.05) is 13.1 Å². The van der Waals surface area contributed by atoms with E-state index in [2.05, 4.69) is 26.6 Å². The number of amides is 2. The second kappa shape index (κ2) is 9.37. The van der Waals surface area contributed by atoms with Gasteiger partial charge in [-0.15, -0.1) is 11.3 Å². The van der Waals surface area contributed by atoms with Crippen molar-refractivity contribution in [3.05, 3.63) is 81.3 Å². The Hall–Kier alpha value is -2.86. The summed E-state index contributed by atoms with van der Waals surface area (Å²) in [6.45, 7) is 5.57. The van der Waals surface area contributed by atoms with Crippen LogP contribution in [0.2, 0.25) is 0 Å². The van der Waals surface area contributed by atoms with E-state index in [9.17, 15) is 9.59 Å². The second-order valence-corrected chi connectivity index (χ2v) is 7.75. The van der Waals surface area contributed by atoms with Crippen molar-refractivity contribution in [3.8, 4) is 0 Å². The van der Waals surface area contributed by atoms with Gasteiger partial charge in [0.25, 0.3) is 5.91 Å². The molecule has 28 heavy (non-hydrogen) atoms. The molecule has 0 aliphatic carbocycles. The molecule has 0 bridgehead atoms. The molecule has 0 saturated heterocycles. The highest BCUT2D eigenvalue weighted by Crippen LogP contribution is 2.19. The molecule has 0 atom stereocenters. The predicted molar refractivity (Wildman–Crippen MR) is 113 cm³/mol. The topological polar surface area (TPSA) is 63.1 Å². The molecule has 2 aromatic heterocycles. The number of aryl methyl sites for hydroxylation is 1. The maximum atomic E-state index is 12.5. The summed E-state index contributed by atoms with van der Waals surface area (Å²) in [5, 5.41) is 7.79. The fourth-order valence-electron chi connectivity index (χ4n) is 3.15. The van der Waals surface area contributed by atoms with E-state index >= 15 is 0 Å². The first-order valence-corrected chi connectivity index (χ1v) is 10.2. The largest absolute Gasteiger partial charge is 0.354 e. The Balaban J connectivity index is 1.48. The molecule has 6 heteroatoms. The Bertz CT molecular complexity index is 930. The summed E-state index contributed by atoms with van der Waals surface area (Å²) in [4.78, 5) is 25.7. The highest BCUT2D eigenvalue weighted by molar-refractivity contribution is 7.09. The van der Waals surface area contributed by atoms with Gasteiger partial charge < -0.3 is 15.2 Å². The van der Waals surface area contributed by atoms with Crippen molar-refractivity contribution in [1.29, 1.82) is 0 Å². The van der Waals surface area contributed by atoms with Crippen LogP contribution in [-0.4, -0.2) is 29.5 Å². The predicted octanol–water partition coefficient (Wildman–Crippen LogP) is 3.30. The van der Waals surface area contributed by atoms with Crippen LogP contribution in [0.5, 0.6) is 0 Å². The number of hydrogen-bond donors (Lipinski definition) is 2. The van der Waals surface area contributed by atoms with Gasteiger partial charge in [0.2, 0.25) is 5.91 Å². The molecule has 146 valence electrons. The van der Waals surface area contributed by atoms with Crippen molar-refractivity contribution < 1.29 is 9.59 Å². The van der Waals surface area contributed by atoms with Crippen LogP contribution < -0.4 is 10.6 Å². The van der Waals surface area contributed by atoms with Gasteiger partial charge >= 0.3 is 0 Å². The molecule has 0 aliphatic heterocycles. The van der Waals surface area contributed by atoms with E-state index in [0.717, 1.165) is 23.5 Å². The molecule has 3 rings (SSSR count). The van der Waals surface area contributed by atoms with Gasteiger partial charge in [0, 0.05) is 29.4 Å². The van der Waals surface area contributed by atoms with E-state index in [-0.39, 0.29) is 11.8 Å². The molecule has 0 aliphatic rings. The molecule has 0 saturated carbocycles. The fraction of sp³-hybridized carbons (Fsp3) is 0.273. The van der Waals surface area contributed by atoms with E-state index in [0.29, 0.717) is 25.1 Å². The van der Waals surface area contributed by atoms with Gasteiger partial charge in [0.15, 0.2) is 0 Å². The van der Waals surface area contributed by atoms with E-state index < -0.39 is 0 Å². The number of rotatable bonds is 8. The van der Waals surface area contributed by atoms with Gasteiger partial charge in [-0.1, -0.05) is 36.4 Å². The SMILES string of the molecule is Cc1cc(C(=O)NCCNC(=O)Cc2ccccc2)c(C)n1Cc1cccs1. The lowest BCUT2D eigenvalue weighted by Crippen LogP contribution is -2.35. The Morgan fingerprint density at radius 3 is 2.46 bits per heavy atom. The molecular weight excluding hydrogens is 370 g/mol. The fourth-order valence-corrected chi connectivity index (χ4v) is 3.84. The van der Waals surface area contributed by atoms with E-state index in [1.807, 2.05) is 56.3 Å². The minimum absolute atomic E-state index is 0.0467. The summed E-state index contributed by atoms with van der Waals surface area (Å²) >= 11 is 1.71. The normalized spacial score (nSPS) is 10.6. The maximum Gasteiger partial charge on any atom is 0.253 e. The van der Waals surface area contributed by atoms with Crippen molar-refractivity contribution in [2.45, 2.75) is 26.8 Å². The summed E-state index contributed by atoms with van der Waals surface area (Å²) in [5.74, 6) is -0.155. The van der Waals surface area contributed by atoms with Crippen LogP contribution in [0.25, 0.3) is 0 Å². The van der Waals surface area contributed by atoms with Crippen molar-refractivity contribution in [2.24, 2.45) is 0 Å². The first-order valence-electron chi connectivity index (χ1n) is 9.32. The molecule has 2 heterocycles. The van der Waals surface area contributed by atoms with E-state index in [1.165, 1.54) is 4.88 Å². The Morgan fingerprint density at radius 1 is 1.00 bits per heavy atom. The molecule has 5 nitrogen and oxygen atoms in total. The van der Waals surface area contributed by atoms with E-state index in [1.54, 1.807) is 11.3 Å². The zero-order chi connectivity index (χ0) is 19.9. The number of aromatic nitrogens is 1. The minimum Gasteiger partial charge on any atom is -0.354 e. The van der Waals surface area contributed by atoms with Crippen molar-refractivity contribution in [3.63, 3.8) is 0 Å². The third kappa shape index (κ3) is 5.10. The number of carbonyl (C=O) groups excluding carboxylic acids is 2. The molecule has 2 amide bonds. The number of benzene rings is 1. The molecular formula is C22H25N3O2S. The van der Waals surface area contributed by atoms with E-state index in [4.69, 9.17) is 0 Å². The number of nitrogens with one attached hydrogen (secondary N) is 2. The lowest BCUT2D eigenvalue weighted by Gasteiger charge is -2.09. The van der Waals surface area contributed by atoms with Gasteiger partial charge in [0.1, 0.15) is 0 Å². The quantitative estimate of drug-likeness (QED) is 0.575. The van der Waals surface area contributed by atoms with Crippen molar-refractivity contribution in [1.82, 2.24) is 15.2 Å². The molecule has 1 aromatic carbocycles. The van der Waals surface area contributed by atoms with Crippen LogP contribution in [0.1, 0.15) is 32.2 Å². The zero-order valence-electron chi connectivity index (χ0n) is 16.2. The first-order chi connectivity index (χ1) is 13.5. The number of nitrogens with zero attached hydrogens (tertiary/aromatic N) is 1. The zero-order valence-corrected chi connectivity index (χ0v) is 17.0. The molecule has 3 aromatic rings. The minimum atomic E-state index is -0.108. The van der Waals surface area contributed by atoms with Gasteiger partial charge in [-0.05, 0) is 36.9 Å². The number of thiophene rings is 1. The van der Waals surface area contributed by atoms with Gasteiger partial charge in [-0.25, -0.2) is 0 Å². The molecule has 0 spiro atoms. The average molecular weight is 396 g/mol. The standard InChI is InChI=1S/C22H25N3O2S/c1-16-13-20(17(2)25(16)15-19-9-6-12-28-19)22(27)24-11-10-23-21(26)14-18-7-4-3-5-8-18/h3-9,12-13H,10-11,14-15H2,1-2H3,(H,23,26)(H,24,27). The summed E-state index contributed by atoms with van der Waals surface area (Å²) in [5.41, 5.74) is 3.68. The summed E-state index contributed by atoms with van der Waals surface area (Å²) in [7, 11) is 0. The third-order valence-corrected chi connectivity index (χ3v) is 5.51. The third-order valence-electron chi connectivity index (χ3n) is 4.65. The molecule has 0 radical (unpaired) electrons. The Morgan fingerprint density at radius 2 is 1.75 bits per heavy atom. The Labute approximate surface area is 169 Å². The second-order valence-electron chi connectivity index (χ2n) is 6.72. The highest BCUT2D eigenvalue weighted by atomic mass is 32.1. The lowest BCUT2D eigenvalue weighted by atomic mass is 10.1. The average Bonchev–Trinajstić information content (AvgIpc) is 3.30. The number of carbonyl (C=O) groups is 2. The summed E-state index contributed by atoms with van der Waals surface area (Å²) in [6.07, 6.45) is 0.346. The van der Waals surface area contributed by atoms with Crippen LogP contribution in [0.15, 0.2) is 53.9 Å². The Kier molecular flexibility index (Phi) is 6.66. The highest BCUT2D eigenvalue weighted by Gasteiger charge is 2.15. The van der Waals surface area contributed by atoms with Crippen LogP contribution in [0.4, 0.5) is 0 Å². The summed E-state index contributed by atoms with van der Waals surface area (Å²) in [6, 6.07) is 15.7. The maximum absolute atomic E-state index is 12.5. The molecule has 2 N–H and O–H groups in total. The smallest absolute Gasteiger partial charge is 0.253 e. The number of hydrogen-bond acceptors (Lipinski definition) is 3. The molecule has 0 unspecified atom stereocenters. The molecule has 0 fully saturated rings. The van der Waals surface area contributed by atoms with Gasteiger partial charge in [-0.3, -0.25) is 9.59 Å². The van der Waals surface area contributed by atoms with Crippen LogP contribution in [0.3, 0.4) is 0 Å². The van der Waals surface area contributed by atoms with Crippen LogP contribution in [-0.2, 0) is 17.8 Å². The first kappa shape index (κ1) is 19.9. The van der Waals surface area contributed by atoms with Gasteiger partial charge in [0.05, 0.1) is 18.5 Å². The summed E-state index contributed by atoms with van der Waals surface area (Å²) < 4.78 is 2.16. The van der Waals surface area contributed by atoms with Crippen LogP contribution >= 0.6 is 11.3 Å². The van der Waals surface area contributed by atoms with Crippen molar-refractivity contribution >= 4 is 23.2 Å². The van der Waals surface area contributed by atoms with Crippen LogP contribution in [0, 0.1) is 13.8 Å². The van der Waals surface area contributed by atoms with Gasteiger partial charge in [-0.2, -0.15) is 0 Å².